The van der Waals surface area contributed by atoms with E-state index in [0.717, 1.165) is 17.3 Å². The van der Waals surface area contributed by atoms with Crippen molar-refractivity contribution in [3.63, 3.8) is 0 Å². The Morgan fingerprint density at radius 3 is 2.83 bits per heavy atom. The summed E-state index contributed by atoms with van der Waals surface area (Å²) in [7, 11) is 1.74. The van der Waals surface area contributed by atoms with Crippen LogP contribution in [0.2, 0.25) is 0 Å². The lowest BCUT2D eigenvalue weighted by Gasteiger charge is -2.13. The van der Waals surface area contributed by atoms with Gasteiger partial charge in [-0.3, -0.25) is 9.59 Å². The Bertz CT molecular complexity index is 737. The summed E-state index contributed by atoms with van der Waals surface area (Å²) in [5.74, 6) is 0.614. The average molecular weight is 316 g/mol. The first kappa shape index (κ1) is 17.1. The van der Waals surface area contributed by atoms with Gasteiger partial charge in [-0.2, -0.15) is 0 Å². The zero-order valence-corrected chi connectivity index (χ0v) is 14.0. The highest BCUT2D eigenvalue weighted by atomic mass is 16.5. The topological polar surface area (TPSA) is 60.3 Å². The molecule has 0 bridgehead atoms. The first-order valence-corrected chi connectivity index (χ1v) is 8.04. The molecule has 0 spiro atoms. The van der Waals surface area contributed by atoms with Crippen LogP contribution >= 0.6 is 0 Å². The fraction of sp³-hybridized carbons (Fsp3) is 0.444. The number of carbonyl (C=O) groups is 1. The van der Waals surface area contributed by atoms with Gasteiger partial charge in [0.15, 0.2) is 0 Å². The molecule has 0 aliphatic rings. The third kappa shape index (κ3) is 4.34. The van der Waals surface area contributed by atoms with E-state index in [0.29, 0.717) is 25.2 Å². The fourth-order valence-electron chi connectivity index (χ4n) is 2.36. The maximum Gasteiger partial charge on any atom is 0.254 e. The molecule has 1 N–H and O–H groups in total. The van der Waals surface area contributed by atoms with E-state index in [2.05, 4.69) is 5.32 Å². The van der Waals surface area contributed by atoms with Crippen molar-refractivity contribution < 1.29 is 9.53 Å². The van der Waals surface area contributed by atoms with Crippen LogP contribution in [0.3, 0.4) is 0 Å². The molecule has 0 saturated heterocycles. The van der Waals surface area contributed by atoms with E-state index in [1.54, 1.807) is 11.6 Å². The predicted octanol–water partition coefficient (Wildman–Crippen LogP) is 2.61. The molecule has 2 aromatic rings. The standard InChI is InChI=1S/C18H24N2O3/c1-4-13(2)19-17(21)10-7-11-23-16-12-18(22)20(3)15-9-6-5-8-14(15)16/h5-6,8-9,12-13H,4,7,10-11H2,1-3H3,(H,19,21)/t13-/m1/s1. The average Bonchev–Trinajstić information content (AvgIpc) is 2.55. The molecule has 5 nitrogen and oxygen atoms in total. The van der Waals surface area contributed by atoms with Crippen molar-refractivity contribution in [1.82, 2.24) is 9.88 Å². The number of aromatic nitrogens is 1. The van der Waals surface area contributed by atoms with Gasteiger partial charge >= 0.3 is 0 Å². The van der Waals surface area contributed by atoms with E-state index in [1.807, 2.05) is 38.1 Å². The van der Waals surface area contributed by atoms with Crippen molar-refractivity contribution in [2.75, 3.05) is 6.61 Å². The molecule has 0 radical (unpaired) electrons. The first-order valence-electron chi connectivity index (χ1n) is 8.04. The van der Waals surface area contributed by atoms with Crippen molar-refractivity contribution in [1.29, 1.82) is 0 Å². The van der Waals surface area contributed by atoms with Crippen LogP contribution < -0.4 is 15.6 Å². The van der Waals surface area contributed by atoms with Gasteiger partial charge in [0.25, 0.3) is 5.56 Å². The van der Waals surface area contributed by atoms with E-state index >= 15 is 0 Å². The molecule has 0 fully saturated rings. The van der Waals surface area contributed by atoms with E-state index in [4.69, 9.17) is 4.74 Å². The Hall–Kier alpha value is -2.30. The molecule has 0 saturated carbocycles. The predicted molar refractivity (Wildman–Crippen MR) is 91.8 cm³/mol. The van der Waals surface area contributed by atoms with Gasteiger partial charge in [0.2, 0.25) is 5.91 Å². The summed E-state index contributed by atoms with van der Waals surface area (Å²) in [4.78, 5) is 23.7. The zero-order valence-electron chi connectivity index (χ0n) is 14.0. The maximum absolute atomic E-state index is 12.0. The second kappa shape index (κ2) is 7.81. The van der Waals surface area contributed by atoms with E-state index in [9.17, 15) is 9.59 Å². The molecule has 0 aliphatic carbocycles. The second-order valence-electron chi connectivity index (χ2n) is 5.75. The Labute approximate surface area is 136 Å². The highest BCUT2D eigenvalue weighted by Crippen LogP contribution is 2.23. The Kier molecular flexibility index (Phi) is 5.79. The first-order chi connectivity index (χ1) is 11.0. The monoisotopic (exact) mass is 316 g/mol. The summed E-state index contributed by atoms with van der Waals surface area (Å²) in [5.41, 5.74) is 0.734. The van der Waals surface area contributed by atoms with Gasteiger partial charge in [-0.25, -0.2) is 0 Å². The van der Waals surface area contributed by atoms with Crippen LogP contribution in [0.5, 0.6) is 5.75 Å². The van der Waals surface area contributed by atoms with Gasteiger partial charge < -0.3 is 14.6 Å². The van der Waals surface area contributed by atoms with E-state index in [-0.39, 0.29) is 17.5 Å². The second-order valence-corrected chi connectivity index (χ2v) is 5.75. The summed E-state index contributed by atoms with van der Waals surface area (Å²) < 4.78 is 7.34. The molecule has 23 heavy (non-hydrogen) atoms. The molecular formula is C18H24N2O3. The minimum atomic E-state index is -0.104. The molecule has 1 amide bonds. The van der Waals surface area contributed by atoms with Gasteiger partial charge in [-0.15, -0.1) is 0 Å². The van der Waals surface area contributed by atoms with Gasteiger partial charge in [0.1, 0.15) is 5.75 Å². The maximum atomic E-state index is 12.0. The molecular weight excluding hydrogens is 292 g/mol. The van der Waals surface area contributed by atoms with Crippen molar-refractivity contribution in [2.45, 2.75) is 39.2 Å². The number of carbonyl (C=O) groups excluding carboxylic acids is 1. The number of pyridine rings is 1. The Balaban J connectivity index is 1.97. The Morgan fingerprint density at radius 2 is 2.09 bits per heavy atom. The van der Waals surface area contributed by atoms with Gasteiger partial charge in [0.05, 0.1) is 12.1 Å². The van der Waals surface area contributed by atoms with Crippen LogP contribution in [-0.2, 0) is 11.8 Å². The summed E-state index contributed by atoms with van der Waals surface area (Å²) in [6.07, 6.45) is 1.96. The lowest BCUT2D eigenvalue weighted by atomic mass is 10.2. The zero-order chi connectivity index (χ0) is 16.8. The number of fused-ring (bicyclic) bond motifs is 1. The minimum Gasteiger partial charge on any atom is -0.493 e. The van der Waals surface area contributed by atoms with Gasteiger partial charge in [-0.1, -0.05) is 19.1 Å². The number of rotatable bonds is 7. The number of hydrogen-bond donors (Lipinski definition) is 1. The molecule has 0 aliphatic heterocycles. The number of nitrogens with one attached hydrogen (secondary N) is 1. The van der Waals surface area contributed by atoms with Crippen molar-refractivity contribution in [3.8, 4) is 5.75 Å². The number of nitrogens with zero attached hydrogens (tertiary/aromatic N) is 1. The molecule has 1 aromatic heterocycles. The fourth-order valence-corrected chi connectivity index (χ4v) is 2.36. The molecule has 124 valence electrons. The Morgan fingerprint density at radius 1 is 1.35 bits per heavy atom. The normalized spacial score (nSPS) is 12.1. The van der Waals surface area contributed by atoms with Crippen LogP contribution in [-0.4, -0.2) is 23.1 Å². The smallest absolute Gasteiger partial charge is 0.254 e. The number of aryl methyl sites for hydroxylation is 1. The summed E-state index contributed by atoms with van der Waals surface area (Å²) >= 11 is 0. The number of ether oxygens (including phenoxy) is 1. The molecule has 0 unspecified atom stereocenters. The highest BCUT2D eigenvalue weighted by molar-refractivity contribution is 5.85. The number of para-hydroxylation sites is 1. The number of hydrogen-bond acceptors (Lipinski definition) is 3. The van der Waals surface area contributed by atoms with Crippen molar-refractivity contribution in [3.05, 3.63) is 40.7 Å². The van der Waals surface area contributed by atoms with Crippen molar-refractivity contribution >= 4 is 16.8 Å². The number of benzene rings is 1. The highest BCUT2D eigenvalue weighted by Gasteiger charge is 2.08. The molecule has 1 heterocycles. The lowest BCUT2D eigenvalue weighted by Crippen LogP contribution is -2.31. The largest absolute Gasteiger partial charge is 0.493 e. The van der Waals surface area contributed by atoms with Gasteiger partial charge in [-0.05, 0) is 31.9 Å². The summed E-state index contributed by atoms with van der Waals surface area (Å²) in [5, 5.41) is 3.83. The number of amides is 1. The van der Waals surface area contributed by atoms with Crippen LogP contribution in [0.1, 0.15) is 33.1 Å². The summed E-state index contributed by atoms with van der Waals surface area (Å²) in [6, 6.07) is 9.33. The molecule has 2 rings (SSSR count). The quantitative estimate of drug-likeness (QED) is 0.799. The summed E-state index contributed by atoms with van der Waals surface area (Å²) in [6.45, 7) is 4.43. The van der Waals surface area contributed by atoms with Crippen LogP contribution in [0.4, 0.5) is 0 Å². The third-order valence-electron chi connectivity index (χ3n) is 3.94. The molecule has 5 heteroatoms. The molecule has 1 aromatic carbocycles. The van der Waals surface area contributed by atoms with Crippen LogP contribution in [0.15, 0.2) is 35.1 Å². The van der Waals surface area contributed by atoms with Crippen LogP contribution in [0.25, 0.3) is 10.9 Å². The van der Waals surface area contributed by atoms with Gasteiger partial charge in [0, 0.05) is 31.0 Å². The lowest BCUT2D eigenvalue weighted by molar-refractivity contribution is -0.121. The minimum absolute atomic E-state index is 0.0387. The molecule has 1 atom stereocenters. The van der Waals surface area contributed by atoms with Crippen LogP contribution in [0, 0.1) is 0 Å². The van der Waals surface area contributed by atoms with E-state index in [1.165, 1.54) is 6.07 Å². The SMILES string of the molecule is CC[C@@H](C)NC(=O)CCCOc1cc(=O)n(C)c2ccccc12. The van der Waals surface area contributed by atoms with E-state index < -0.39 is 0 Å². The third-order valence-corrected chi connectivity index (χ3v) is 3.94. The van der Waals surface area contributed by atoms with Crippen molar-refractivity contribution in [2.24, 2.45) is 7.05 Å².